The highest BCUT2D eigenvalue weighted by atomic mass is 35.5. The number of nitrogens with zero attached hydrogens (tertiary/aromatic N) is 1. The normalized spacial score (nSPS) is 11.7. The van der Waals surface area contributed by atoms with Crippen LogP contribution in [0.2, 0.25) is 5.02 Å². The fourth-order valence-corrected chi connectivity index (χ4v) is 3.13. The molecule has 156 valence electrons. The molecule has 0 saturated carbocycles. The molecule has 8 nitrogen and oxygen atoms in total. The van der Waals surface area contributed by atoms with E-state index in [1.165, 1.54) is 31.4 Å². The van der Waals surface area contributed by atoms with Crippen molar-refractivity contribution in [1.29, 1.82) is 0 Å². The van der Waals surface area contributed by atoms with E-state index in [0.717, 1.165) is 10.7 Å². The number of carbonyl (C=O) groups excluding carboxylic acids is 1. The van der Waals surface area contributed by atoms with Crippen LogP contribution >= 0.6 is 11.6 Å². The van der Waals surface area contributed by atoms with Gasteiger partial charge in [-0.2, -0.15) is 0 Å². The number of hydrogen-bond acceptors (Lipinski definition) is 4. The smallest absolute Gasteiger partial charge is 0.305 e. The second-order valence-corrected chi connectivity index (χ2v) is 6.74. The van der Waals surface area contributed by atoms with Gasteiger partial charge in [-0.05, 0) is 30.3 Å². The zero-order valence-corrected chi connectivity index (χ0v) is 16.4. The molecule has 0 fully saturated rings. The van der Waals surface area contributed by atoms with Gasteiger partial charge in [0.2, 0.25) is 0 Å². The summed E-state index contributed by atoms with van der Waals surface area (Å²) < 4.78 is 20.1. The molecule has 1 unspecified atom stereocenters. The molecule has 3 aromatic rings. The van der Waals surface area contributed by atoms with Crippen molar-refractivity contribution < 1.29 is 23.8 Å². The Bertz CT molecular complexity index is 1160. The number of carboxylic acid groups (broad SMARTS) is 1. The fourth-order valence-electron chi connectivity index (χ4n) is 2.95. The minimum atomic E-state index is -1.17. The number of benzene rings is 2. The molecular weight excluding hydrogens is 417 g/mol. The van der Waals surface area contributed by atoms with Crippen molar-refractivity contribution in [1.82, 2.24) is 15.1 Å². The standard InChI is InChI=1S/C20H17ClFN3O5/c1-30-17-7-6-11(21)8-12(17)14(10-19(27)28)23-20(29)15-9-18(26)25(24-15)16-5-3-2-4-13(16)22/h2-9,14,24H,10H2,1H3,(H,23,29)(H,27,28). The maximum atomic E-state index is 14.0. The second kappa shape index (κ2) is 8.83. The number of aromatic nitrogens is 2. The predicted octanol–water partition coefficient (Wildman–Crippen LogP) is 2.91. The first kappa shape index (κ1) is 21.1. The zero-order valence-electron chi connectivity index (χ0n) is 15.7. The summed E-state index contributed by atoms with van der Waals surface area (Å²) in [5.74, 6) is -2.24. The van der Waals surface area contributed by atoms with E-state index < -0.39 is 35.7 Å². The Kier molecular flexibility index (Phi) is 6.22. The number of rotatable bonds is 7. The molecule has 30 heavy (non-hydrogen) atoms. The molecule has 0 aliphatic heterocycles. The number of amides is 1. The van der Waals surface area contributed by atoms with E-state index in [9.17, 15) is 23.9 Å². The summed E-state index contributed by atoms with van der Waals surface area (Å²) in [4.78, 5) is 36.3. The van der Waals surface area contributed by atoms with E-state index in [1.54, 1.807) is 18.2 Å². The summed E-state index contributed by atoms with van der Waals surface area (Å²) in [6.07, 6.45) is -0.458. The second-order valence-electron chi connectivity index (χ2n) is 6.31. The number of ether oxygens (including phenoxy) is 1. The first-order chi connectivity index (χ1) is 14.3. The van der Waals surface area contributed by atoms with Crippen molar-refractivity contribution >= 4 is 23.5 Å². The van der Waals surface area contributed by atoms with Crippen molar-refractivity contribution in [3.63, 3.8) is 0 Å². The lowest BCUT2D eigenvalue weighted by Gasteiger charge is -2.20. The Balaban J connectivity index is 1.93. The molecule has 0 spiro atoms. The van der Waals surface area contributed by atoms with Gasteiger partial charge < -0.3 is 15.2 Å². The van der Waals surface area contributed by atoms with E-state index in [2.05, 4.69) is 10.4 Å². The van der Waals surface area contributed by atoms with Gasteiger partial charge in [-0.25, -0.2) is 9.07 Å². The van der Waals surface area contributed by atoms with Crippen LogP contribution in [0, 0.1) is 5.82 Å². The van der Waals surface area contributed by atoms with Crippen molar-refractivity contribution in [3.05, 3.63) is 81.0 Å². The number of carbonyl (C=O) groups is 2. The summed E-state index contributed by atoms with van der Waals surface area (Å²) in [5.41, 5.74) is -0.517. The minimum absolute atomic E-state index is 0.0554. The highest BCUT2D eigenvalue weighted by Gasteiger charge is 2.24. The Labute approximate surface area is 174 Å². The van der Waals surface area contributed by atoms with Crippen LogP contribution in [0.3, 0.4) is 0 Å². The molecule has 1 aromatic heterocycles. The minimum Gasteiger partial charge on any atom is -0.496 e. The van der Waals surface area contributed by atoms with Gasteiger partial charge in [0.15, 0.2) is 0 Å². The van der Waals surface area contributed by atoms with Crippen LogP contribution in [0.5, 0.6) is 5.75 Å². The predicted molar refractivity (Wildman–Crippen MR) is 107 cm³/mol. The number of hydrogen-bond donors (Lipinski definition) is 3. The topological polar surface area (TPSA) is 113 Å². The van der Waals surface area contributed by atoms with Crippen LogP contribution in [0.25, 0.3) is 5.69 Å². The maximum absolute atomic E-state index is 14.0. The molecule has 3 rings (SSSR count). The Hall–Kier alpha value is -3.59. The van der Waals surface area contributed by atoms with Crippen molar-refractivity contribution in [3.8, 4) is 11.4 Å². The van der Waals surface area contributed by atoms with Crippen LogP contribution in [0.4, 0.5) is 4.39 Å². The molecule has 0 bridgehead atoms. The fraction of sp³-hybridized carbons (Fsp3) is 0.150. The summed E-state index contributed by atoms with van der Waals surface area (Å²) in [7, 11) is 1.40. The average Bonchev–Trinajstić information content (AvgIpc) is 3.09. The third-order valence-corrected chi connectivity index (χ3v) is 4.54. The third-order valence-electron chi connectivity index (χ3n) is 4.31. The summed E-state index contributed by atoms with van der Waals surface area (Å²) in [6, 6.07) is 10.2. The number of aliphatic carboxylic acids is 1. The molecule has 0 aliphatic carbocycles. The van der Waals surface area contributed by atoms with Gasteiger partial charge in [0.05, 0.1) is 19.6 Å². The average molecular weight is 434 g/mol. The number of methoxy groups -OCH3 is 1. The van der Waals surface area contributed by atoms with Gasteiger partial charge in [-0.3, -0.25) is 19.5 Å². The number of para-hydroxylation sites is 1. The molecule has 1 heterocycles. The van der Waals surface area contributed by atoms with Crippen LogP contribution in [-0.4, -0.2) is 33.9 Å². The molecule has 0 aliphatic rings. The number of halogens is 2. The highest BCUT2D eigenvalue weighted by molar-refractivity contribution is 6.30. The Morgan fingerprint density at radius 2 is 2.00 bits per heavy atom. The van der Waals surface area contributed by atoms with Crippen LogP contribution in [-0.2, 0) is 4.79 Å². The lowest BCUT2D eigenvalue weighted by Crippen LogP contribution is -2.31. The zero-order chi connectivity index (χ0) is 21.8. The van der Waals surface area contributed by atoms with Gasteiger partial charge in [0.25, 0.3) is 11.5 Å². The third kappa shape index (κ3) is 4.52. The van der Waals surface area contributed by atoms with Crippen LogP contribution < -0.4 is 15.6 Å². The van der Waals surface area contributed by atoms with Gasteiger partial charge >= 0.3 is 5.97 Å². The first-order valence-electron chi connectivity index (χ1n) is 8.73. The Morgan fingerprint density at radius 1 is 1.27 bits per heavy atom. The molecule has 2 aromatic carbocycles. The molecule has 10 heteroatoms. The highest BCUT2D eigenvalue weighted by Crippen LogP contribution is 2.30. The van der Waals surface area contributed by atoms with E-state index in [-0.39, 0.29) is 11.4 Å². The van der Waals surface area contributed by atoms with Gasteiger partial charge in [-0.15, -0.1) is 0 Å². The SMILES string of the molecule is COc1ccc(Cl)cc1C(CC(=O)O)NC(=O)c1cc(=O)n(-c2ccccc2F)[nH]1. The van der Waals surface area contributed by atoms with Crippen LogP contribution in [0.1, 0.15) is 28.5 Å². The number of aromatic amines is 1. The quantitative estimate of drug-likeness (QED) is 0.530. The summed E-state index contributed by atoms with van der Waals surface area (Å²) in [5, 5.41) is 14.7. The Morgan fingerprint density at radius 3 is 2.67 bits per heavy atom. The van der Waals surface area contributed by atoms with E-state index in [1.807, 2.05) is 0 Å². The van der Waals surface area contributed by atoms with E-state index >= 15 is 0 Å². The largest absolute Gasteiger partial charge is 0.496 e. The van der Waals surface area contributed by atoms with Crippen molar-refractivity contribution in [2.45, 2.75) is 12.5 Å². The summed E-state index contributed by atoms with van der Waals surface area (Å²) >= 11 is 6.01. The number of nitrogens with one attached hydrogen (secondary N) is 2. The lowest BCUT2D eigenvalue weighted by atomic mass is 10.0. The van der Waals surface area contributed by atoms with Crippen molar-refractivity contribution in [2.24, 2.45) is 0 Å². The maximum Gasteiger partial charge on any atom is 0.305 e. The molecule has 0 saturated heterocycles. The van der Waals surface area contributed by atoms with Crippen LogP contribution in [0.15, 0.2) is 53.3 Å². The number of carboxylic acids is 1. The molecule has 0 radical (unpaired) electrons. The first-order valence-corrected chi connectivity index (χ1v) is 9.11. The molecule has 3 N–H and O–H groups in total. The van der Waals surface area contributed by atoms with Gasteiger partial charge in [0.1, 0.15) is 22.9 Å². The van der Waals surface area contributed by atoms with Gasteiger partial charge in [-0.1, -0.05) is 23.7 Å². The van der Waals surface area contributed by atoms with Gasteiger partial charge in [0, 0.05) is 16.7 Å². The monoisotopic (exact) mass is 433 g/mol. The van der Waals surface area contributed by atoms with E-state index in [4.69, 9.17) is 16.3 Å². The van der Waals surface area contributed by atoms with E-state index in [0.29, 0.717) is 16.3 Å². The lowest BCUT2D eigenvalue weighted by molar-refractivity contribution is -0.137. The molecule has 1 atom stereocenters. The molecule has 1 amide bonds. The molecular formula is C20H17ClFN3O5. The summed E-state index contributed by atoms with van der Waals surface area (Å²) in [6.45, 7) is 0. The number of H-pyrrole nitrogens is 1. The van der Waals surface area contributed by atoms with Crippen molar-refractivity contribution in [2.75, 3.05) is 7.11 Å².